The highest BCUT2D eigenvalue weighted by molar-refractivity contribution is 5.90. The average Bonchev–Trinajstić information content (AvgIpc) is 2.74. The van der Waals surface area contributed by atoms with E-state index in [1.165, 1.54) is 11.1 Å². The van der Waals surface area contributed by atoms with Crippen LogP contribution in [0, 0.1) is 0 Å². The van der Waals surface area contributed by atoms with E-state index in [-0.39, 0.29) is 0 Å². The second kappa shape index (κ2) is 7.87. The zero-order valence-electron chi connectivity index (χ0n) is 16.0. The molecule has 1 aromatic heterocycles. The Morgan fingerprint density at radius 3 is 2.41 bits per heavy atom. The maximum absolute atomic E-state index is 6.63. The van der Waals surface area contributed by atoms with E-state index < -0.39 is 5.66 Å². The van der Waals surface area contributed by atoms with Crippen molar-refractivity contribution in [1.82, 2.24) is 10.3 Å². The fourth-order valence-corrected chi connectivity index (χ4v) is 3.45. The van der Waals surface area contributed by atoms with Crippen LogP contribution in [0.15, 0.2) is 84.0 Å². The van der Waals surface area contributed by atoms with Crippen molar-refractivity contribution < 1.29 is 0 Å². The summed E-state index contributed by atoms with van der Waals surface area (Å²) in [5, 5.41) is 3.11. The molecule has 2 aromatic carbocycles. The maximum Gasteiger partial charge on any atom is 0.195 e. The Balaban J connectivity index is 1.60. The lowest BCUT2D eigenvalue weighted by Crippen LogP contribution is -2.44. The molecule has 29 heavy (non-hydrogen) atoms. The van der Waals surface area contributed by atoms with Crippen LogP contribution in [0.3, 0.4) is 0 Å². The molecule has 0 saturated heterocycles. The predicted octanol–water partition coefficient (Wildman–Crippen LogP) is 2.20. The number of pyridine rings is 1. The van der Waals surface area contributed by atoms with E-state index in [1.54, 1.807) is 6.20 Å². The number of hydrogen-bond acceptors (Lipinski definition) is 6. The largest absolute Gasteiger partial charge is 0.370 e. The molecule has 7 N–H and O–H groups in total. The van der Waals surface area contributed by atoms with E-state index in [1.807, 2.05) is 60.7 Å². The van der Waals surface area contributed by atoms with Gasteiger partial charge in [-0.1, -0.05) is 54.6 Å². The molecule has 1 aliphatic rings. The van der Waals surface area contributed by atoms with E-state index in [0.717, 1.165) is 28.9 Å². The number of nitrogens with two attached hydrogens (primary N) is 3. The molecule has 1 atom stereocenters. The van der Waals surface area contributed by atoms with Gasteiger partial charge >= 0.3 is 0 Å². The maximum atomic E-state index is 6.63. The third-order valence-electron chi connectivity index (χ3n) is 4.93. The molecule has 1 aliphatic heterocycles. The summed E-state index contributed by atoms with van der Waals surface area (Å²) in [5.41, 5.74) is 23.3. The van der Waals surface area contributed by atoms with Crippen molar-refractivity contribution in [1.29, 1.82) is 0 Å². The van der Waals surface area contributed by atoms with Crippen molar-refractivity contribution in [2.45, 2.75) is 18.6 Å². The van der Waals surface area contributed by atoms with Crippen LogP contribution in [0.1, 0.15) is 27.9 Å². The van der Waals surface area contributed by atoms with Crippen LogP contribution in [0.4, 0.5) is 0 Å². The first-order valence-corrected chi connectivity index (χ1v) is 9.48. The molecule has 1 unspecified atom stereocenters. The molecule has 146 valence electrons. The third kappa shape index (κ3) is 4.18. The van der Waals surface area contributed by atoms with Gasteiger partial charge in [0.2, 0.25) is 0 Å². The highest BCUT2D eigenvalue weighted by Crippen LogP contribution is 2.28. The minimum atomic E-state index is -1.03. The molecule has 0 radical (unpaired) electrons. The van der Waals surface area contributed by atoms with Gasteiger partial charge in [0.1, 0.15) is 0 Å². The molecule has 0 fully saturated rings. The van der Waals surface area contributed by atoms with E-state index in [2.05, 4.69) is 27.4 Å². The summed E-state index contributed by atoms with van der Waals surface area (Å²) in [6.45, 7) is 0.437. The summed E-state index contributed by atoms with van der Waals surface area (Å²) in [6.07, 6.45) is 4.50. The van der Waals surface area contributed by atoms with E-state index >= 15 is 0 Å². The van der Waals surface area contributed by atoms with Crippen LogP contribution >= 0.6 is 0 Å². The molecular formula is C23H24N6. The molecule has 2 heterocycles. The highest BCUT2D eigenvalue weighted by atomic mass is 15.2. The fourth-order valence-electron chi connectivity index (χ4n) is 3.45. The summed E-state index contributed by atoms with van der Waals surface area (Å²) in [6, 6.07) is 22.1. The van der Waals surface area contributed by atoms with Crippen molar-refractivity contribution in [3.8, 4) is 0 Å². The van der Waals surface area contributed by atoms with Gasteiger partial charge in [-0.05, 0) is 46.9 Å². The molecule has 6 nitrogen and oxygen atoms in total. The molecule has 4 rings (SSSR count). The topological polar surface area (TPSA) is 115 Å². The third-order valence-corrected chi connectivity index (χ3v) is 4.93. The summed E-state index contributed by atoms with van der Waals surface area (Å²) >= 11 is 0. The average molecular weight is 384 g/mol. The number of aromatic nitrogens is 1. The predicted molar refractivity (Wildman–Crippen MR) is 116 cm³/mol. The van der Waals surface area contributed by atoms with Gasteiger partial charge in [-0.25, -0.2) is 4.99 Å². The first kappa shape index (κ1) is 18.9. The zero-order chi connectivity index (χ0) is 20.3. The van der Waals surface area contributed by atoms with E-state index in [0.29, 0.717) is 12.5 Å². The molecule has 3 aromatic rings. The minimum Gasteiger partial charge on any atom is -0.370 e. The molecule has 6 heteroatoms. The number of nitrogens with zero attached hydrogens (tertiary/aromatic N) is 2. The molecule has 0 amide bonds. The second-order valence-electron chi connectivity index (χ2n) is 7.10. The van der Waals surface area contributed by atoms with E-state index in [9.17, 15) is 0 Å². The summed E-state index contributed by atoms with van der Waals surface area (Å²) in [4.78, 5) is 8.70. The standard InChI is InChI=1S/C23H24N6/c24-15-20-13-17(10-11-27-20)12-16-6-8-19(9-7-16)23(26)14-21(28-22(25)29-23)18-4-2-1-3-5-18/h1-11,13-14H,12,15,24,26H2,(H3,25,28,29). The van der Waals surface area contributed by atoms with Gasteiger partial charge in [-0.3, -0.25) is 10.7 Å². The van der Waals surface area contributed by atoms with Crippen molar-refractivity contribution >= 4 is 11.7 Å². The molecule has 0 spiro atoms. The number of guanidine groups is 1. The lowest BCUT2D eigenvalue weighted by Gasteiger charge is -2.29. The number of benzene rings is 2. The minimum absolute atomic E-state index is 0.295. The van der Waals surface area contributed by atoms with Crippen molar-refractivity contribution in [2.75, 3.05) is 0 Å². The van der Waals surface area contributed by atoms with Gasteiger partial charge in [0.15, 0.2) is 11.6 Å². The Bertz CT molecular complexity index is 1060. The van der Waals surface area contributed by atoms with Gasteiger partial charge in [-0.15, -0.1) is 0 Å². The van der Waals surface area contributed by atoms with Crippen LogP contribution in [0.2, 0.25) is 0 Å². The molecule has 0 bridgehead atoms. The Morgan fingerprint density at radius 2 is 1.69 bits per heavy atom. The van der Waals surface area contributed by atoms with Crippen LogP contribution < -0.4 is 22.5 Å². The van der Waals surface area contributed by atoms with Gasteiger partial charge in [0, 0.05) is 18.4 Å². The van der Waals surface area contributed by atoms with E-state index in [4.69, 9.17) is 17.2 Å². The molecule has 0 saturated carbocycles. The fraction of sp³-hybridized carbons (Fsp3) is 0.130. The second-order valence-corrected chi connectivity index (χ2v) is 7.10. The van der Waals surface area contributed by atoms with Gasteiger partial charge in [-0.2, -0.15) is 0 Å². The van der Waals surface area contributed by atoms with Crippen LogP contribution in [-0.2, 0) is 18.6 Å². The van der Waals surface area contributed by atoms with Crippen molar-refractivity contribution in [3.05, 3.63) is 107 Å². The van der Waals surface area contributed by atoms with Crippen molar-refractivity contribution in [3.63, 3.8) is 0 Å². The monoisotopic (exact) mass is 384 g/mol. The number of hydrogen-bond donors (Lipinski definition) is 4. The van der Waals surface area contributed by atoms with Crippen LogP contribution in [0.25, 0.3) is 5.70 Å². The Labute approximate surface area is 170 Å². The quantitative estimate of drug-likeness (QED) is 0.538. The van der Waals surface area contributed by atoms with Gasteiger partial charge < -0.3 is 16.8 Å². The molecule has 0 aliphatic carbocycles. The summed E-state index contributed by atoms with van der Waals surface area (Å²) in [7, 11) is 0. The molecular weight excluding hydrogens is 360 g/mol. The smallest absolute Gasteiger partial charge is 0.195 e. The summed E-state index contributed by atoms with van der Waals surface area (Å²) < 4.78 is 0. The lowest BCUT2D eigenvalue weighted by atomic mass is 9.94. The Morgan fingerprint density at radius 1 is 0.931 bits per heavy atom. The Kier molecular flexibility index (Phi) is 5.12. The lowest BCUT2D eigenvalue weighted by molar-refractivity contribution is 0.585. The van der Waals surface area contributed by atoms with Crippen LogP contribution in [0.5, 0.6) is 0 Å². The number of aliphatic imine (C=N–C) groups is 1. The number of rotatable bonds is 5. The highest BCUT2D eigenvalue weighted by Gasteiger charge is 2.29. The summed E-state index contributed by atoms with van der Waals surface area (Å²) in [5.74, 6) is 0.295. The van der Waals surface area contributed by atoms with Crippen molar-refractivity contribution in [2.24, 2.45) is 22.2 Å². The van der Waals surface area contributed by atoms with Crippen LogP contribution in [-0.4, -0.2) is 10.9 Å². The van der Waals surface area contributed by atoms with Gasteiger partial charge in [0.05, 0.1) is 5.69 Å². The normalized spacial score (nSPS) is 18.6. The zero-order valence-corrected chi connectivity index (χ0v) is 16.0. The Hall–Kier alpha value is -3.48. The first-order chi connectivity index (χ1) is 14.1. The SMILES string of the molecule is NCc1cc(Cc2ccc(C3(N)C=C(c4ccccc4)NC(N)=N3)cc2)ccn1. The number of nitrogens with one attached hydrogen (secondary N) is 1. The first-order valence-electron chi connectivity index (χ1n) is 9.48. The van der Waals surface area contributed by atoms with Gasteiger partial charge in [0.25, 0.3) is 0 Å².